The number of furan rings is 1. The van der Waals surface area contributed by atoms with Crippen LogP contribution in [0.15, 0.2) is 47.1 Å². The maximum absolute atomic E-state index is 5.50. The minimum absolute atomic E-state index is 0.582. The van der Waals surface area contributed by atoms with Crippen molar-refractivity contribution in [2.24, 2.45) is 5.73 Å². The number of nitrogens with two attached hydrogens (primary N) is 1. The lowest BCUT2D eigenvalue weighted by atomic mass is 10.1. The summed E-state index contributed by atoms with van der Waals surface area (Å²) in [5, 5.41) is 0. The van der Waals surface area contributed by atoms with Crippen LogP contribution in [-0.4, -0.2) is 0 Å². The standard InChI is InChI=1S/C11H11NO/c12-8-9-3-5-10(6-4-9)11-2-1-7-13-11/h1-7H,8,12H2. The Hall–Kier alpha value is -1.54. The van der Waals surface area contributed by atoms with Crippen molar-refractivity contribution in [3.8, 4) is 11.3 Å². The van der Waals surface area contributed by atoms with Gasteiger partial charge in [-0.3, -0.25) is 0 Å². The molecule has 13 heavy (non-hydrogen) atoms. The molecule has 0 saturated carbocycles. The lowest BCUT2D eigenvalue weighted by Crippen LogP contribution is -1.94. The molecule has 1 heterocycles. The van der Waals surface area contributed by atoms with E-state index < -0.39 is 0 Å². The van der Waals surface area contributed by atoms with Crippen molar-refractivity contribution in [1.29, 1.82) is 0 Å². The van der Waals surface area contributed by atoms with Crippen molar-refractivity contribution in [2.75, 3.05) is 0 Å². The predicted octanol–water partition coefficient (Wildman–Crippen LogP) is 2.41. The zero-order valence-electron chi connectivity index (χ0n) is 7.23. The first-order valence-electron chi connectivity index (χ1n) is 4.23. The SMILES string of the molecule is NCc1ccc(-c2ccco2)cc1. The topological polar surface area (TPSA) is 39.2 Å². The molecule has 0 aliphatic carbocycles. The van der Waals surface area contributed by atoms with E-state index in [2.05, 4.69) is 0 Å². The Bertz CT molecular complexity index is 361. The zero-order valence-corrected chi connectivity index (χ0v) is 7.23. The second kappa shape index (κ2) is 3.46. The number of benzene rings is 1. The van der Waals surface area contributed by atoms with Crippen molar-refractivity contribution < 1.29 is 4.42 Å². The molecule has 0 unspecified atom stereocenters. The smallest absolute Gasteiger partial charge is 0.133 e. The molecule has 0 radical (unpaired) electrons. The Labute approximate surface area is 77.0 Å². The van der Waals surface area contributed by atoms with Crippen LogP contribution in [0.4, 0.5) is 0 Å². The number of rotatable bonds is 2. The van der Waals surface area contributed by atoms with Gasteiger partial charge in [0.15, 0.2) is 0 Å². The quantitative estimate of drug-likeness (QED) is 0.757. The summed E-state index contributed by atoms with van der Waals surface area (Å²) >= 11 is 0. The molecule has 2 heteroatoms. The number of hydrogen-bond donors (Lipinski definition) is 1. The Balaban J connectivity index is 2.33. The molecule has 66 valence electrons. The van der Waals surface area contributed by atoms with E-state index in [-0.39, 0.29) is 0 Å². The fraction of sp³-hybridized carbons (Fsp3) is 0.0909. The number of hydrogen-bond acceptors (Lipinski definition) is 2. The van der Waals surface area contributed by atoms with Gasteiger partial charge < -0.3 is 10.2 Å². The monoisotopic (exact) mass is 173 g/mol. The van der Waals surface area contributed by atoms with Gasteiger partial charge in [-0.2, -0.15) is 0 Å². The molecule has 0 aliphatic heterocycles. The van der Waals surface area contributed by atoms with Crippen LogP contribution in [0, 0.1) is 0 Å². The molecule has 2 aromatic rings. The molecule has 2 nitrogen and oxygen atoms in total. The van der Waals surface area contributed by atoms with Crippen LogP contribution in [0.1, 0.15) is 5.56 Å². The highest BCUT2D eigenvalue weighted by Gasteiger charge is 1.98. The largest absolute Gasteiger partial charge is 0.464 e. The minimum Gasteiger partial charge on any atom is -0.464 e. The lowest BCUT2D eigenvalue weighted by molar-refractivity contribution is 0.582. The molecular formula is C11H11NO. The summed E-state index contributed by atoms with van der Waals surface area (Å²) in [6, 6.07) is 11.9. The summed E-state index contributed by atoms with van der Waals surface area (Å²) < 4.78 is 5.26. The first-order valence-corrected chi connectivity index (χ1v) is 4.23. The van der Waals surface area contributed by atoms with Crippen LogP contribution in [0.5, 0.6) is 0 Å². The van der Waals surface area contributed by atoms with Gasteiger partial charge in [0.05, 0.1) is 6.26 Å². The molecule has 0 spiro atoms. The zero-order chi connectivity index (χ0) is 9.10. The first kappa shape index (κ1) is 8.08. The fourth-order valence-electron chi connectivity index (χ4n) is 1.25. The maximum atomic E-state index is 5.50. The molecule has 0 amide bonds. The van der Waals surface area contributed by atoms with Gasteiger partial charge >= 0.3 is 0 Å². The minimum atomic E-state index is 0.582. The summed E-state index contributed by atoms with van der Waals surface area (Å²) in [5.74, 6) is 0.892. The summed E-state index contributed by atoms with van der Waals surface area (Å²) in [4.78, 5) is 0. The average molecular weight is 173 g/mol. The van der Waals surface area contributed by atoms with Gasteiger partial charge in [0, 0.05) is 12.1 Å². The Kier molecular flexibility index (Phi) is 2.15. The van der Waals surface area contributed by atoms with E-state index in [1.807, 2.05) is 36.4 Å². The summed E-state index contributed by atoms with van der Waals surface area (Å²) in [6.45, 7) is 0.582. The second-order valence-electron chi connectivity index (χ2n) is 2.88. The summed E-state index contributed by atoms with van der Waals surface area (Å²) in [5.41, 5.74) is 7.72. The van der Waals surface area contributed by atoms with Crippen molar-refractivity contribution >= 4 is 0 Å². The van der Waals surface area contributed by atoms with E-state index in [1.54, 1.807) is 6.26 Å². The first-order chi connectivity index (χ1) is 6.40. The fourth-order valence-corrected chi connectivity index (χ4v) is 1.25. The molecule has 0 aliphatic rings. The maximum Gasteiger partial charge on any atom is 0.133 e. The van der Waals surface area contributed by atoms with E-state index in [9.17, 15) is 0 Å². The van der Waals surface area contributed by atoms with Gasteiger partial charge in [0.1, 0.15) is 5.76 Å². The van der Waals surface area contributed by atoms with E-state index in [4.69, 9.17) is 10.2 Å². The van der Waals surface area contributed by atoms with Crippen LogP contribution in [0.25, 0.3) is 11.3 Å². The van der Waals surface area contributed by atoms with Gasteiger partial charge in [-0.15, -0.1) is 0 Å². The highest BCUT2D eigenvalue weighted by Crippen LogP contribution is 2.19. The van der Waals surface area contributed by atoms with Crippen LogP contribution in [0.3, 0.4) is 0 Å². The molecule has 1 aromatic heterocycles. The lowest BCUT2D eigenvalue weighted by Gasteiger charge is -1.98. The van der Waals surface area contributed by atoms with Crippen molar-refractivity contribution in [1.82, 2.24) is 0 Å². The average Bonchev–Trinajstić information content (AvgIpc) is 2.71. The highest BCUT2D eigenvalue weighted by molar-refractivity contribution is 5.57. The molecule has 2 rings (SSSR count). The Morgan fingerprint density at radius 3 is 2.38 bits per heavy atom. The van der Waals surface area contributed by atoms with Crippen LogP contribution in [-0.2, 0) is 6.54 Å². The van der Waals surface area contributed by atoms with E-state index in [1.165, 1.54) is 0 Å². The third kappa shape index (κ3) is 1.63. The second-order valence-corrected chi connectivity index (χ2v) is 2.88. The van der Waals surface area contributed by atoms with E-state index in [0.29, 0.717) is 6.54 Å². The van der Waals surface area contributed by atoms with Crippen molar-refractivity contribution in [3.63, 3.8) is 0 Å². The molecule has 0 fully saturated rings. The van der Waals surface area contributed by atoms with Crippen molar-refractivity contribution in [3.05, 3.63) is 48.2 Å². The molecule has 2 N–H and O–H groups in total. The summed E-state index contributed by atoms with van der Waals surface area (Å²) in [6.07, 6.45) is 1.67. The van der Waals surface area contributed by atoms with Crippen LogP contribution < -0.4 is 5.73 Å². The Morgan fingerprint density at radius 1 is 1.08 bits per heavy atom. The van der Waals surface area contributed by atoms with Gasteiger partial charge in [0.25, 0.3) is 0 Å². The van der Waals surface area contributed by atoms with Gasteiger partial charge in [-0.05, 0) is 17.7 Å². The predicted molar refractivity (Wildman–Crippen MR) is 52.0 cm³/mol. The highest BCUT2D eigenvalue weighted by atomic mass is 16.3. The van der Waals surface area contributed by atoms with Crippen molar-refractivity contribution in [2.45, 2.75) is 6.54 Å². The van der Waals surface area contributed by atoms with Crippen LogP contribution >= 0.6 is 0 Å². The molecule has 0 bridgehead atoms. The van der Waals surface area contributed by atoms with Gasteiger partial charge in [-0.1, -0.05) is 24.3 Å². The van der Waals surface area contributed by atoms with Gasteiger partial charge in [0.2, 0.25) is 0 Å². The third-order valence-electron chi connectivity index (χ3n) is 2.00. The molecular weight excluding hydrogens is 162 g/mol. The molecule has 0 saturated heterocycles. The molecule has 0 atom stereocenters. The summed E-state index contributed by atoms with van der Waals surface area (Å²) in [7, 11) is 0. The molecule has 1 aromatic carbocycles. The Morgan fingerprint density at radius 2 is 1.85 bits per heavy atom. The van der Waals surface area contributed by atoms with E-state index in [0.717, 1.165) is 16.9 Å². The van der Waals surface area contributed by atoms with Crippen LogP contribution in [0.2, 0.25) is 0 Å². The third-order valence-corrected chi connectivity index (χ3v) is 2.00. The van der Waals surface area contributed by atoms with Gasteiger partial charge in [-0.25, -0.2) is 0 Å². The normalized spacial score (nSPS) is 10.2. The van der Waals surface area contributed by atoms with E-state index >= 15 is 0 Å².